The molecule has 7 nitrogen and oxygen atoms in total. The number of carboxylic acid groups (broad SMARTS) is 1. The van der Waals surface area contributed by atoms with Crippen molar-refractivity contribution in [1.29, 1.82) is 0 Å². The molecule has 1 atom stereocenters. The summed E-state index contributed by atoms with van der Waals surface area (Å²) in [6.07, 6.45) is 0. The largest absolute Gasteiger partial charge is 0.478 e. The summed E-state index contributed by atoms with van der Waals surface area (Å²) < 4.78 is 32.3. The second kappa shape index (κ2) is 9.29. The lowest BCUT2D eigenvalue weighted by Crippen LogP contribution is -2.27. The van der Waals surface area contributed by atoms with Gasteiger partial charge in [0.15, 0.2) is 0 Å². The van der Waals surface area contributed by atoms with Crippen molar-refractivity contribution in [3.8, 4) is 11.1 Å². The molecular weight excluding hydrogens is 380 g/mol. The zero-order valence-electron chi connectivity index (χ0n) is 16.5. The minimum absolute atomic E-state index is 0.0876. The van der Waals surface area contributed by atoms with E-state index in [9.17, 15) is 18.3 Å². The number of sulfonamides is 1. The van der Waals surface area contributed by atoms with Crippen LogP contribution in [-0.2, 0) is 14.8 Å². The first-order valence-electron chi connectivity index (χ1n) is 8.79. The number of hydrogen-bond acceptors (Lipinski definition) is 5. The number of methoxy groups -OCH3 is 1. The van der Waals surface area contributed by atoms with Gasteiger partial charge in [-0.3, -0.25) is 0 Å². The average molecular weight is 407 g/mol. The minimum Gasteiger partial charge on any atom is -0.478 e. The fraction of sp³-hybridized carbons (Fsp3) is 0.350. The van der Waals surface area contributed by atoms with Crippen LogP contribution in [0.5, 0.6) is 0 Å². The van der Waals surface area contributed by atoms with Crippen LogP contribution in [0.3, 0.4) is 0 Å². The summed E-state index contributed by atoms with van der Waals surface area (Å²) in [5.41, 5.74) is 2.29. The molecular formula is C20H26N2O5S. The molecule has 2 aromatic rings. The van der Waals surface area contributed by atoms with Crippen molar-refractivity contribution < 1.29 is 23.1 Å². The Bertz CT molecular complexity index is 924. The lowest BCUT2D eigenvalue weighted by atomic mass is 9.99. The van der Waals surface area contributed by atoms with Gasteiger partial charge in [0.05, 0.1) is 17.1 Å². The third-order valence-corrected chi connectivity index (χ3v) is 6.00. The highest BCUT2D eigenvalue weighted by Crippen LogP contribution is 2.27. The van der Waals surface area contributed by atoms with Crippen LogP contribution in [0.1, 0.15) is 28.9 Å². The summed E-state index contributed by atoms with van der Waals surface area (Å²) in [4.78, 5) is 13.5. The van der Waals surface area contributed by atoms with Crippen molar-refractivity contribution >= 4 is 16.0 Å². The third-order valence-electron chi connectivity index (χ3n) is 4.56. The Labute approximate surface area is 166 Å². The van der Waals surface area contributed by atoms with E-state index < -0.39 is 16.0 Å². The molecule has 8 heteroatoms. The predicted molar refractivity (Wildman–Crippen MR) is 108 cm³/mol. The van der Waals surface area contributed by atoms with Crippen LogP contribution in [0.15, 0.2) is 47.4 Å². The maximum Gasteiger partial charge on any atom is 0.335 e. The van der Waals surface area contributed by atoms with Gasteiger partial charge in [0.1, 0.15) is 0 Å². The zero-order chi connectivity index (χ0) is 20.9. The van der Waals surface area contributed by atoms with Crippen LogP contribution < -0.4 is 4.72 Å². The topological polar surface area (TPSA) is 95.9 Å². The number of benzene rings is 2. The first-order valence-corrected chi connectivity index (χ1v) is 10.3. The Morgan fingerprint density at radius 1 is 1.14 bits per heavy atom. The van der Waals surface area contributed by atoms with Gasteiger partial charge < -0.3 is 14.7 Å². The number of nitrogens with zero attached hydrogens (tertiary/aromatic N) is 1. The highest BCUT2D eigenvalue weighted by molar-refractivity contribution is 7.89. The van der Waals surface area contributed by atoms with Gasteiger partial charge in [-0.2, -0.15) is 0 Å². The van der Waals surface area contributed by atoms with Gasteiger partial charge in [0, 0.05) is 19.7 Å². The fourth-order valence-corrected chi connectivity index (χ4v) is 3.74. The first-order chi connectivity index (χ1) is 13.2. The molecule has 0 amide bonds. The molecule has 2 rings (SSSR count). The second-order valence-electron chi connectivity index (χ2n) is 6.70. The molecule has 0 fully saturated rings. The van der Waals surface area contributed by atoms with Crippen molar-refractivity contribution in [2.45, 2.75) is 17.9 Å². The van der Waals surface area contributed by atoms with Gasteiger partial charge in [-0.1, -0.05) is 24.3 Å². The minimum atomic E-state index is -3.85. The molecule has 0 spiro atoms. The summed E-state index contributed by atoms with van der Waals surface area (Å²) in [6.45, 7) is 2.40. The van der Waals surface area contributed by atoms with Crippen LogP contribution in [0, 0.1) is 0 Å². The molecule has 2 aromatic carbocycles. The highest BCUT2D eigenvalue weighted by Gasteiger charge is 2.18. The van der Waals surface area contributed by atoms with E-state index in [4.69, 9.17) is 4.74 Å². The van der Waals surface area contributed by atoms with E-state index in [1.54, 1.807) is 0 Å². The molecule has 0 saturated heterocycles. The van der Waals surface area contributed by atoms with Gasteiger partial charge in [-0.05, 0) is 55.9 Å². The van der Waals surface area contributed by atoms with Crippen LogP contribution in [0.2, 0.25) is 0 Å². The van der Waals surface area contributed by atoms with Gasteiger partial charge in [-0.25, -0.2) is 17.9 Å². The molecule has 0 heterocycles. The smallest absolute Gasteiger partial charge is 0.335 e. The van der Waals surface area contributed by atoms with Crippen LogP contribution in [0.4, 0.5) is 0 Å². The Balaban J connectivity index is 2.44. The maximum absolute atomic E-state index is 12.5. The Kier molecular flexibility index (Phi) is 7.31. The van der Waals surface area contributed by atoms with E-state index >= 15 is 0 Å². The zero-order valence-corrected chi connectivity index (χ0v) is 17.3. The van der Waals surface area contributed by atoms with Crippen molar-refractivity contribution in [3.05, 3.63) is 53.6 Å². The molecule has 0 aromatic heterocycles. The SMILES string of the molecule is COCCNS(=O)(=O)c1cc(C(=O)O)cc(-c2ccc(C(C)N(C)C)cc2)c1. The summed E-state index contributed by atoms with van der Waals surface area (Å²) in [6, 6.07) is 12.0. The average Bonchev–Trinajstić information content (AvgIpc) is 2.67. The predicted octanol–water partition coefficient (Wildman–Crippen LogP) is 2.60. The number of carboxylic acids is 1. The molecule has 0 aliphatic rings. The van der Waals surface area contributed by atoms with Crippen molar-refractivity contribution in [2.24, 2.45) is 0 Å². The Morgan fingerprint density at radius 3 is 2.32 bits per heavy atom. The van der Waals surface area contributed by atoms with Gasteiger partial charge in [0.2, 0.25) is 10.0 Å². The van der Waals surface area contributed by atoms with Crippen LogP contribution in [0.25, 0.3) is 11.1 Å². The molecule has 0 aliphatic carbocycles. The summed E-state index contributed by atoms with van der Waals surface area (Å²) >= 11 is 0. The van der Waals surface area contributed by atoms with E-state index in [2.05, 4.69) is 16.5 Å². The van der Waals surface area contributed by atoms with Gasteiger partial charge >= 0.3 is 5.97 Å². The maximum atomic E-state index is 12.5. The first kappa shape index (κ1) is 22.0. The summed E-state index contributed by atoms with van der Waals surface area (Å²) in [7, 11) is 1.60. The number of aromatic carboxylic acids is 1. The second-order valence-corrected chi connectivity index (χ2v) is 8.47. The number of rotatable bonds is 9. The standard InChI is InChI=1S/C20H26N2O5S/c1-14(22(2)3)15-5-7-16(8-6-15)17-11-18(20(23)24)13-19(12-17)28(25,26)21-9-10-27-4/h5-8,11-14,21H,9-10H2,1-4H3,(H,23,24). The van der Waals surface area contributed by atoms with E-state index in [0.717, 1.165) is 17.2 Å². The van der Waals surface area contributed by atoms with E-state index in [0.29, 0.717) is 5.56 Å². The fourth-order valence-electron chi connectivity index (χ4n) is 2.66. The van der Waals surface area contributed by atoms with Crippen LogP contribution >= 0.6 is 0 Å². The molecule has 0 radical (unpaired) electrons. The molecule has 28 heavy (non-hydrogen) atoms. The number of carbonyl (C=O) groups is 1. The third kappa shape index (κ3) is 5.39. The van der Waals surface area contributed by atoms with Crippen LogP contribution in [-0.4, -0.2) is 58.8 Å². The van der Waals surface area contributed by atoms with Crippen molar-refractivity contribution in [3.63, 3.8) is 0 Å². The quantitative estimate of drug-likeness (QED) is 0.622. The highest BCUT2D eigenvalue weighted by atomic mass is 32.2. The van der Waals surface area contributed by atoms with Gasteiger partial charge in [-0.15, -0.1) is 0 Å². The monoisotopic (exact) mass is 406 g/mol. The Morgan fingerprint density at radius 2 is 1.79 bits per heavy atom. The van der Waals surface area contributed by atoms with E-state index in [-0.39, 0.29) is 29.7 Å². The van der Waals surface area contributed by atoms with Crippen molar-refractivity contribution in [2.75, 3.05) is 34.4 Å². The van der Waals surface area contributed by atoms with E-state index in [1.807, 2.05) is 38.4 Å². The van der Waals surface area contributed by atoms with Crippen molar-refractivity contribution in [1.82, 2.24) is 9.62 Å². The Hall–Kier alpha value is -2.26. The lowest BCUT2D eigenvalue weighted by Gasteiger charge is -2.20. The normalized spacial score (nSPS) is 12.9. The molecule has 1 unspecified atom stereocenters. The molecule has 0 aliphatic heterocycles. The summed E-state index contributed by atoms with van der Waals surface area (Å²) in [5, 5.41) is 9.40. The number of nitrogens with one attached hydrogen (secondary N) is 1. The number of ether oxygens (including phenoxy) is 1. The lowest BCUT2D eigenvalue weighted by molar-refractivity contribution is 0.0696. The van der Waals surface area contributed by atoms with Gasteiger partial charge in [0.25, 0.3) is 0 Å². The van der Waals surface area contributed by atoms with E-state index in [1.165, 1.54) is 19.2 Å². The number of hydrogen-bond donors (Lipinski definition) is 2. The summed E-state index contributed by atoms with van der Waals surface area (Å²) in [5.74, 6) is -1.19. The molecule has 2 N–H and O–H groups in total. The molecule has 0 bridgehead atoms. The molecule has 0 saturated carbocycles. The molecule has 152 valence electrons.